The largest absolute Gasteiger partial charge is 0.497 e. The molecule has 0 aliphatic carbocycles. The minimum Gasteiger partial charge on any atom is -0.497 e. The van der Waals surface area contributed by atoms with Crippen molar-refractivity contribution in [2.45, 2.75) is 44.6 Å². The van der Waals surface area contributed by atoms with Gasteiger partial charge in [-0.1, -0.05) is 23.7 Å². The fraction of sp³-hybridized carbons (Fsp3) is 0.344. The van der Waals surface area contributed by atoms with E-state index in [1.54, 1.807) is 36.3 Å². The van der Waals surface area contributed by atoms with Gasteiger partial charge in [-0.2, -0.15) is 0 Å². The second-order valence-electron chi connectivity index (χ2n) is 10.8. The van der Waals surface area contributed by atoms with Gasteiger partial charge < -0.3 is 28.7 Å². The molecule has 1 saturated heterocycles. The van der Waals surface area contributed by atoms with Crippen LogP contribution in [0.15, 0.2) is 66.7 Å². The highest BCUT2D eigenvalue weighted by Gasteiger charge is 2.36. The Hall–Kier alpha value is -3.72. The minimum atomic E-state index is -0.542. The zero-order valence-electron chi connectivity index (χ0n) is 23.3. The quantitative estimate of drug-likeness (QED) is 0.258. The average molecular weight is 577 g/mol. The van der Waals surface area contributed by atoms with Crippen LogP contribution >= 0.6 is 11.6 Å². The summed E-state index contributed by atoms with van der Waals surface area (Å²) in [7, 11) is 1.60. The number of carbonyl (C=O) groups is 1. The van der Waals surface area contributed by atoms with Crippen molar-refractivity contribution in [3.05, 3.63) is 88.6 Å². The number of amides is 1. The molecule has 1 aromatic heterocycles. The summed E-state index contributed by atoms with van der Waals surface area (Å²) in [5.41, 5.74) is 4.03. The number of nitrogens with zero attached hydrogens (tertiary/aromatic N) is 1. The first-order chi connectivity index (χ1) is 19.8. The van der Waals surface area contributed by atoms with Crippen LogP contribution in [0, 0.1) is 0 Å². The van der Waals surface area contributed by atoms with E-state index in [1.807, 2.05) is 56.3 Å². The molecule has 2 aliphatic heterocycles. The summed E-state index contributed by atoms with van der Waals surface area (Å²) in [5, 5.41) is 1.75. The third-order valence-corrected chi connectivity index (χ3v) is 7.79. The number of aromatic nitrogens is 1. The molecule has 0 spiro atoms. The molecule has 9 heteroatoms. The molecule has 0 bridgehead atoms. The molecule has 2 aliphatic rings. The average Bonchev–Trinajstić information content (AvgIpc) is 3.51. The summed E-state index contributed by atoms with van der Waals surface area (Å²) in [6.45, 7) is 5.41. The first kappa shape index (κ1) is 27.4. The van der Waals surface area contributed by atoms with E-state index in [2.05, 4.69) is 4.98 Å². The van der Waals surface area contributed by atoms with Crippen molar-refractivity contribution in [2.24, 2.45) is 0 Å². The van der Waals surface area contributed by atoms with Crippen molar-refractivity contribution in [1.82, 2.24) is 9.88 Å². The summed E-state index contributed by atoms with van der Waals surface area (Å²) in [5.74, 6) is 1.35. The van der Waals surface area contributed by atoms with Crippen molar-refractivity contribution in [3.63, 3.8) is 0 Å². The highest BCUT2D eigenvalue weighted by molar-refractivity contribution is 6.31. The summed E-state index contributed by atoms with van der Waals surface area (Å²) >= 11 is 6.34. The van der Waals surface area contributed by atoms with Crippen LogP contribution in [0.1, 0.15) is 43.1 Å². The molecule has 1 fully saturated rings. The third kappa shape index (κ3) is 5.86. The van der Waals surface area contributed by atoms with Crippen LogP contribution in [0.5, 0.6) is 17.2 Å². The van der Waals surface area contributed by atoms with Crippen LogP contribution in [0.25, 0.3) is 10.9 Å². The lowest BCUT2D eigenvalue weighted by Gasteiger charge is -2.35. The smallest absolute Gasteiger partial charge is 0.416 e. The number of fused-ring (bicyclic) bond motifs is 3. The van der Waals surface area contributed by atoms with Gasteiger partial charge in [-0.05, 0) is 86.0 Å². The second-order valence-corrected chi connectivity index (χ2v) is 11.2. The maximum atomic E-state index is 13.6. The normalized spacial score (nSPS) is 19.7. The van der Waals surface area contributed by atoms with Crippen LogP contribution in [0.2, 0.25) is 5.02 Å². The number of methoxy groups -OCH3 is 1. The minimum absolute atomic E-state index is 0.0192. The fourth-order valence-electron chi connectivity index (χ4n) is 5.57. The zero-order valence-corrected chi connectivity index (χ0v) is 24.1. The number of benzene rings is 3. The summed E-state index contributed by atoms with van der Waals surface area (Å²) in [6.07, 6.45) is 1.00. The highest BCUT2D eigenvalue weighted by Crippen LogP contribution is 2.40. The summed E-state index contributed by atoms with van der Waals surface area (Å²) in [6, 6.07) is 20.3. The molecule has 41 heavy (non-hydrogen) atoms. The highest BCUT2D eigenvalue weighted by atomic mass is 35.5. The first-order valence-electron chi connectivity index (χ1n) is 13.8. The number of carbonyl (C=O) groups excluding carboxylic acids is 1. The molecular formula is C32H33ClN2O6. The molecule has 2 atom stereocenters. The maximum Gasteiger partial charge on any atom is 0.416 e. The van der Waals surface area contributed by atoms with Gasteiger partial charge in [0.15, 0.2) is 5.79 Å². The predicted molar refractivity (Wildman–Crippen MR) is 156 cm³/mol. The van der Waals surface area contributed by atoms with Gasteiger partial charge in [-0.25, -0.2) is 4.79 Å². The SMILES string of the molecule is COc1ccc(OC(=O)N2CCc3c([nH]c4ccc(Cl)cc34)C2c2ccc(OCC[C@H]3COC(C)(C)O3)cc2)cc1. The number of rotatable bonds is 7. The van der Waals surface area contributed by atoms with Gasteiger partial charge in [0.25, 0.3) is 0 Å². The second kappa shape index (κ2) is 11.3. The molecule has 1 amide bonds. The Bertz CT molecular complexity index is 1530. The molecule has 1 unspecified atom stereocenters. The predicted octanol–water partition coefficient (Wildman–Crippen LogP) is 6.90. The molecule has 214 valence electrons. The molecule has 6 rings (SSSR count). The van der Waals surface area contributed by atoms with Crippen LogP contribution < -0.4 is 14.2 Å². The van der Waals surface area contributed by atoms with Crippen LogP contribution in [-0.4, -0.2) is 54.7 Å². The molecule has 0 radical (unpaired) electrons. The zero-order chi connectivity index (χ0) is 28.6. The van der Waals surface area contributed by atoms with Crippen molar-refractivity contribution < 1.29 is 28.5 Å². The van der Waals surface area contributed by atoms with Gasteiger partial charge >= 0.3 is 6.09 Å². The Morgan fingerprint density at radius 1 is 1.05 bits per heavy atom. The Morgan fingerprint density at radius 3 is 2.49 bits per heavy atom. The lowest BCUT2D eigenvalue weighted by Crippen LogP contribution is -2.42. The van der Waals surface area contributed by atoms with E-state index in [9.17, 15) is 4.79 Å². The van der Waals surface area contributed by atoms with Crippen LogP contribution in [-0.2, 0) is 15.9 Å². The van der Waals surface area contributed by atoms with Gasteiger partial charge in [-0.3, -0.25) is 4.90 Å². The molecule has 8 nitrogen and oxygen atoms in total. The van der Waals surface area contributed by atoms with Crippen LogP contribution in [0.4, 0.5) is 4.79 Å². The van der Waals surface area contributed by atoms with E-state index < -0.39 is 11.9 Å². The van der Waals surface area contributed by atoms with Gasteiger partial charge in [0, 0.05) is 34.6 Å². The first-order valence-corrected chi connectivity index (χ1v) is 14.1. The summed E-state index contributed by atoms with van der Waals surface area (Å²) < 4.78 is 28.5. The standard InChI is InChI=1S/C32H33ClN2O6/c1-32(2)39-19-25(41-32)15-17-38-23-7-4-20(5-8-23)30-29-26(27-18-21(33)6-13-28(27)34-29)14-16-35(30)31(36)40-24-11-9-22(37-3)10-12-24/h4-13,18,25,30,34H,14-17,19H2,1-3H3/t25-,30?/m0/s1. The topological polar surface area (TPSA) is 82.3 Å². The van der Waals surface area contributed by atoms with Crippen LogP contribution in [0.3, 0.4) is 0 Å². The van der Waals surface area contributed by atoms with Gasteiger partial charge in [0.2, 0.25) is 0 Å². The van der Waals surface area contributed by atoms with E-state index in [0.717, 1.165) is 39.9 Å². The number of hydrogen-bond acceptors (Lipinski definition) is 6. The third-order valence-electron chi connectivity index (χ3n) is 7.56. The van der Waals surface area contributed by atoms with Crippen molar-refractivity contribution in [1.29, 1.82) is 0 Å². The van der Waals surface area contributed by atoms with E-state index in [0.29, 0.717) is 42.7 Å². The molecule has 1 N–H and O–H groups in total. The number of halogens is 1. The number of aromatic amines is 1. The van der Waals surface area contributed by atoms with Crippen molar-refractivity contribution in [3.8, 4) is 17.2 Å². The van der Waals surface area contributed by atoms with Crippen molar-refractivity contribution >= 4 is 28.6 Å². The Balaban J connectivity index is 1.24. The van der Waals surface area contributed by atoms with Gasteiger partial charge in [0.05, 0.1) is 26.4 Å². The van der Waals surface area contributed by atoms with E-state index in [4.69, 9.17) is 35.3 Å². The van der Waals surface area contributed by atoms with Gasteiger partial charge in [0.1, 0.15) is 23.3 Å². The Labute approximate surface area is 244 Å². The maximum absolute atomic E-state index is 13.6. The number of ether oxygens (including phenoxy) is 5. The molecule has 0 saturated carbocycles. The Morgan fingerprint density at radius 2 is 1.78 bits per heavy atom. The van der Waals surface area contributed by atoms with E-state index in [1.165, 1.54) is 0 Å². The lowest BCUT2D eigenvalue weighted by molar-refractivity contribution is -0.139. The number of nitrogens with one attached hydrogen (secondary N) is 1. The number of H-pyrrole nitrogens is 1. The summed E-state index contributed by atoms with van der Waals surface area (Å²) in [4.78, 5) is 18.9. The number of hydrogen-bond donors (Lipinski definition) is 1. The molecule has 4 aromatic rings. The Kier molecular flexibility index (Phi) is 7.55. The molecule has 3 aromatic carbocycles. The van der Waals surface area contributed by atoms with E-state index in [-0.39, 0.29) is 12.1 Å². The molecule has 3 heterocycles. The monoisotopic (exact) mass is 576 g/mol. The van der Waals surface area contributed by atoms with Gasteiger partial charge in [-0.15, -0.1) is 0 Å². The van der Waals surface area contributed by atoms with Crippen molar-refractivity contribution in [2.75, 3.05) is 26.9 Å². The lowest BCUT2D eigenvalue weighted by atomic mass is 9.92. The van der Waals surface area contributed by atoms with E-state index >= 15 is 0 Å². The fourth-order valence-corrected chi connectivity index (χ4v) is 5.74. The molecular weight excluding hydrogens is 544 g/mol.